The molecule has 3 nitrogen and oxygen atoms in total. The SMILES string of the molecule is COc1cnc(C(F)F)c(C(F)(F)F)c1OC(F)(F)F. The summed E-state index contributed by atoms with van der Waals surface area (Å²) in [6, 6.07) is 0. The zero-order chi connectivity index (χ0) is 15.7. The van der Waals surface area contributed by atoms with E-state index in [0.717, 1.165) is 7.11 Å². The Morgan fingerprint density at radius 3 is 2.00 bits per heavy atom. The Hall–Kier alpha value is -1.81. The number of rotatable bonds is 3. The van der Waals surface area contributed by atoms with Gasteiger partial charge in [-0.1, -0.05) is 0 Å². The van der Waals surface area contributed by atoms with Crippen LogP contribution in [0.15, 0.2) is 6.20 Å². The Labute approximate surface area is 106 Å². The molecule has 0 aromatic carbocycles. The third-order valence-corrected chi connectivity index (χ3v) is 1.96. The summed E-state index contributed by atoms with van der Waals surface area (Å²) in [5, 5.41) is 0. The Morgan fingerprint density at radius 1 is 1.10 bits per heavy atom. The summed E-state index contributed by atoms with van der Waals surface area (Å²) in [4.78, 5) is 2.76. The van der Waals surface area contributed by atoms with Crippen molar-refractivity contribution in [2.75, 3.05) is 7.11 Å². The topological polar surface area (TPSA) is 31.4 Å². The number of alkyl halides is 8. The lowest BCUT2D eigenvalue weighted by Crippen LogP contribution is -2.22. The molecule has 11 heteroatoms. The van der Waals surface area contributed by atoms with Crippen molar-refractivity contribution >= 4 is 0 Å². The first kappa shape index (κ1) is 16.2. The summed E-state index contributed by atoms with van der Waals surface area (Å²) in [6.45, 7) is 0. The Bertz CT molecular complexity index is 482. The zero-order valence-corrected chi connectivity index (χ0v) is 9.44. The van der Waals surface area contributed by atoms with Crippen molar-refractivity contribution in [3.8, 4) is 11.5 Å². The van der Waals surface area contributed by atoms with Crippen molar-refractivity contribution in [1.29, 1.82) is 0 Å². The largest absolute Gasteiger partial charge is 0.573 e. The summed E-state index contributed by atoms with van der Waals surface area (Å²) >= 11 is 0. The van der Waals surface area contributed by atoms with Crippen LogP contribution in [0.5, 0.6) is 11.5 Å². The highest BCUT2D eigenvalue weighted by molar-refractivity contribution is 5.49. The van der Waals surface area contributed by atoms with Crippen molar-refractivity contribution in [2.45, 2.75) is 19.0 Å². The van der Waals surface area contributed by atoms with Gasteiger partial charge in [0, 0.05) is 0 Å². The molecule has 1 rings (SSSR count). The summed E-state index contributed by atoms with van der Waals surface area (Å²) in [5.41, 5.74) is -4.21. The number of ether oxygens (including phenoxy) is 2. The van der Waals surface area contributed by atoms with Gasteiger partial charge >= 0.3 is 12.5 Å². The first-order valence-corrected chi connectivity index (χ1v) is 4.65. The first-order valence-electron chi connectivity index (χ1n) is 4.65. The molecule has 0 atom stereocenters. The van der Waals surface area contributed by atoms with E-state index in [4.69, 9.17) is 0 Å². The summed E-state index contributed by atoms with van der Waals surface area (Å²) in [6.07, 6.45) is -14.5. The maximum atomic E-state index is 12.7. The van der Waals surface area contributed by atoms with Crippen molar-refractivity contribution in [3.05, 3.63) is 17.5 Å². The number of hydrogen-bond donors (Lipinski definition) is 0. The molecule has 0 N–H and O–H groups in total. The predicted molar refractivity (Wildman–Crippen MR) is 47.4 cm³/mol. The zero-order valence-electron chi connectivity index (χ0n) is 9.44. The van der Waals surface area contributed by atoms with Gasteiger partial charge in [0.05, 0.1) is 13.3 Å². The van der Waals surface area contributed by atoms with Gasteiger partial charge in [-0.2, -0.15) is 13.2 Å². The van der Waals surface area contributed by atoms with Crippen molar-refractivity contribution in [3.63, 3.8) is 0 Å². The van der Waals surface area contributed by atoms with E-state index in [1.54, 1.807) is 0 Å². The van der Waals surface area contributed by atoms with Crippen molar-refractivity contribution < 1.29 is 44.6 Å². The molecule has 1 aromatic rings. The maximum absolute atomic E-state index is 12.7. The molecule has 20 heavy (non-hydrogen) atoms. The van der Waals surface area contributed by atoms with E-state index >= 15 is 0 Å². The second-order valence-corrected chi connectivity index (χ2v) is 3.26. The van der Waals surface area contributed by atoms with E-state index in [1.165, 1.54) is 0 Å². The van der Waals surface area contributed by atoms with Crippen molar-refractivity contribution in [1.82, 2.24) is 4.98 Å². The number of methoxy groups -OCH3 is 1. The van der Waals surface area contributed by atoms with Gasteiger partial charge in [0.25, 0.3) is 6.43 Å². The summed E-state index contributed by atoms with van der Waals surface area (Å²) < 4.78 is 107. The molecular formula is C9H5F8NO2. The van der Waals surface area contributed by atoms with Gasteiger partial charge < -0.3 is 9.47 Å². The van der Waals surface area contributed by atoms with Crippen LogP contribution in [-0.4, -0.2) is 18.5 Å². The molecule has 0 spiro atoms. The van der Waals surface area contributed by atoms with Gasteiger partial charge in [-0.15, -0.1) is 13.2 Å². The number of pyridine rings is 1. The Kier molecular flexibility index (Phi) is 4.30. The molecule has 0 aliphatic carbocycles. The van der Waals surface area contributed by atoms with Gasteiger partial charge in [0.15, 0.2) is 11.5 Å². The normalized spacial score (nSPS) is 12.7. The van der Waals surface area contributed by atoms with Crippen LogP contribution in [0, 0.1) is 0 Å². The van der Waals surface area contributed by atoms with Crippen molar-refractivity contribution in [2.24, 2.45) is 0 Å². The van der Waals surface area contributed by atoms with E-state index in [1.807, 2.05) is 0 Å². The summed E-state index contributed by atoms with van der Waals surface area (Å²) in [7, 11) is 0.739. The Balaban J connectivity index is 3.61. The molecular weight excluding hydrogens is 306 g/mol. The van der Waals surface area contributed by atoms with E-state index < -0.39 is 41.7 Å². The highest BCUT2D eigenvalue weighted by atomic mass is 19.4. The van der Waals surface area contributed by atoms with E-state index in [0.29, 0.717) is 0 Å². The summed E-state index contributed by atoms with van der Waals surface area (Å²) in [5.74, 6) is -2.98. The lowest BCUT2D eigenvalue weighted by molar-refractivity contribution is -0.276. The van der Waals surface area contributed by atoms with Crippen LogP contribution in [0.1, 0.15) is 17.7 Å². The van der Waals surface area contributed by atoms with E-state index in [2.05, 4.69) is 14.5 Å². The highest BCUT2D eigenvalue weighted by Gasteiger charge is 2.45. The minimum Gasteiger partial charge on any atom is -0.491 e. The molecule has 1 heterocycles. The average molecular weight is 311 g/mol. The lowest BCUT2D eigenvalue weighted by atomic mass is 10.1. The second kappa shape index (κ2) is 5.29. The predicted octanol–water partition coefficient (Wildman–Crippen LogP) is 3.95. The fourth-order valence-corrected chi connectivity index (χ4v) is 1.29. The quantitative estimate of drug-likeness (QED) is 0.792. The molecule has 0 fully saturated rings. The van der Waals surface area contributed by atoms with Crippen LogP contribution in [0.25, 0.3) is 0 Å². The van der Waals surface area contributed by atoms with Gasteiger partial charge in [0.2, 0.25) is 0 Å². The number of halogens is 8. The molecule has 0 aliphatic rings. The number of hydrogen-bond acceptors (Lipinski definition) is 3. The smallest absolute Gasteiger partial charge is 0.491 e. The third kappa shape index (κ3) is 3.61. The molecule has 0 bridgehead atoms. The monoisotopic (exact) mass is 311 g/mol. The first-order chi connectivity index (χ1) is 8.97. The minimum atomic E-state index is -5.53. The molecule has 0 aliphatic heterocycles. The molecule has 0 saturated carbocycles. The molecule has 1 aromatic heterocycles. The molecule has 0 amide bonds. The van der Waals surface area contributed by atoms with E-state index in [-0.39, 0.29) is 6.20 Å². The van der Waals surface area contributed by atoms with Gasteiger partial charge in [-0.25, -0.2) is 8.78 Å². The fraction of sp³-hybridized carbons (Fsp3) is 0.444. The third-order valence-electron chi connectivity index (χ3n) is 1.96. The highest BCUT2D eigenvalue weighted by Crippen LogP contribution is 2.46. The molecule has 0 unspecified atom stereocenters. The van der Waals surface area contributed by atoms with Gasteiger partial charge in [0.1, 0.15) is 11.3 Å². The van der Waals surface area contributed by atoms with E-state index in [9.17, 15) is 35.1 Å². The second-order valence-electron chi connectivity index (χ2n) is 3.26. The van der Waals surface area contributed by atoms with Crippen LogP contribution in [0.2, 0.25) is 0 Å². The van der Waals surface area contributed by atoms with Crippen LogP contribution in [0.4, 0.5) is 35.1 Å². The molecule has 114 valence electrons. The Morgan fingerprint density at radius 2 is 1.65 bits per heavy atom. The van der Waals surface area contributed by atoms with Gasteiger partial charge in [-0.05, 0) is 0 Å². The van der Waals surface area contributed by atoms with Gasteiger partial charge in [-0.3, -0.25) is 4.98 Å². The van der Waals surface area contributed by atoms with Crippen LogP contribution in [-0.2, 0) is 6.18 Å². The standard InChI is InChI=1S/C9H5F8NO2/c1-19-3-2-18-5(7(10)11)4(8(12,13)14)6(3)20-9(15,16)17/h2,7H,1H3. The minimum absolute atomic E-state index is 0.289. The average Bonchev–Trinajstić information content (AvgIpc) is 2.24. The van der Waals surface area contributed by atoms with Crippen LogP contribution >= 0.6 is 0 Å². The fourth-order valence-electron chi connectivity index (χ4n) is 1.29. The van der Waals surface area contributed by atoms with Crippen LogP contribution in [0.3, 0.4) is 0 Å². The maximum Gasteiger partial charge on any atom is 0.573 e. The van der Waals surface area contributed by atoms with Crippen LogP contribution < -0.4 is 9.47 Å². The lowest BCUT2D eigenvalue weighted by Gasteiger charge is -2.19. The number of nitrogens with zero attached hydrogens (tertiary/aromatic N) is 1. The molecule has 0 radical (unpaired) electrons. The molecule has 0 saturated heterocycles. The number of aromatic nitrogens is 1.